The van der Waals surface area contributed by atoms with E-state index in [1.165, 1.54) is 14.0 Å². The molecule has 0 spiro atoms. The molecule has 31 heavy (non-hydrogen) atoms. The lowest BCUT2D eigenvalue weighted by molar-refractivity contribution is -0.141. The molecule has 2 unspecified atom stereocenters. The van der Waals surface area contributed by atoms with Crippen LogP contribution in [0.25, 0.3) is 11.1 Å². The summed E-state index contributed by atoms with van der Waals surface area (Å²) in [6.07, 6.45) is -1.61. The summed E-state index contributed by atoms with van der Waals surface area (Å²) in [4.78, 5) is 35.2. The zero-order chi connectivity index (χ0) is 22.4. The molecule has 0 aliphatic heterocycles. The van der Waals surface area contributed by atoms with Crippen molar-refractivity contribution in [3.05, 3.63) is 59.7 Å². The second kappa shape index (κ2) is 10.1. The van der Waals surface area contributed by atoms with Crippen LogP contribution in [0, 0.1) is 5.92 Å². The lowest BCUT2D eigenvalue weighted by atomic mass is 9.98. The van der Waals surface area contributed by atoms with Gasteiger partial charge in [-0.05, 0) is 22.3 Å². The Morgan fingerprint density at radius 2 is 1.55 bits per heavy atom. The molecule has 0 saturated heterocycles. The van der Waals surface area contributed by atoms with E-state index in [-0.39, 0.29) is 25.6 Å². The molecule has 164 valence electrons. The fourth-order valence-corrected chi connectivity index (χ4v) is 3.56. The number of alkyl carbamates (subject to hydrolysis) is 1. The summed E-state index contributed by atoms with van der Waals surface area (Å²) >= 11 is 0. The average Bonchev–Trinajstić information content (AvgIpc) is 3.10. The minimum atomic E-state index is -1.01. The van der Waals surface area contributed by atoms with Crippen molar-refractivity contribution in [2.24, 2.45) is 5.92 Å². The molecule has 3 rings (SSSR count). The molecule has 1 aliphatic carbocycles. The van der Waals surface area contributed by atoms with Crippen LogP contribution in [-0.2, 0) is 19.1 Å². The van der Waals surface area contributed by atoms with Crippen molar-refractivity contribution in [1.82, 2.24) is 10.6 Å². The molecule has 0 radical (unpaired) electrons. The first-order valence-electron chi connectivity index (χ1n) is 10.0. The third-order valence-electron chi connectivity index (χ3n) is 5.36. The molecule has 0 bridgehead atoms. The lowest BCUT2D eigenvalue weighted by Gasteiger charge is -2.18. The van der Waals surface area contributed by atoms with Gasteiger partial charge in [-0.15, -0.1) is 0 Å². The maximum atomic E-state index is 12.2. The van der Waals surface area contributed by atoms with Gasteiger partial charge < -0.3 is 25.2 Å². The van der Waals surface area contributed by atoms with E-state index in [9.17, 15) is 14.4 Å². The number of amides is 2. The summed E-state index contributed by atoms with van der Waals surface area (Å²) in [6.45, 7) is 1.53. The molecule has 8 heteroatoms. The van der Waals surface area contributed by atoms with Crippen LogP contribution in [0.5, 0.6) is 0 Å². The maximum absolute atomic E-state index is 12.2. The Morgan fingerprint density at radius 1 is 0.968 bits per heavy atom. The highest BCUT2D eigenvalue weighted by atomic mass is 16.5. The molecule has 1 aliphatic rings. The van der Waals surface area contributed by atoms with E-state index >= 15 is 0 Å². The first-order chi connectivity index (χ1) is 14.9. The van der Waals surface area contributed by atoms with Crippen molar-refractivity contribution in [3.8, 4) is 11.1 Å². The fourth-order valence-electron chi connectivity index (χ4n) is 3.56. The number of aliphatic carboxylic acids is 1. The van der Waals surface area contributed by atoms with Crippen LogP contribution >= 0.6 is 0 Å². The van der Waals surface area contributed by atoms with Crippen molar-refractivity contribution in [2.75, 3.05) is 26.8 Å². The Kier molecular flexibility index (Phi) is 7.25. The smallest absolute Gasteiger partial charge is 0.407 e. The highest BCUT2D eigenvalue weighted by molar-refractivity contribution is 5.82. The van der Waals surface area contributed by atoms with Crippen LogP contribution in [0.2, 0.25) is 0 Å². The topological polar surface area (TPSA) is 114 Å². The van der Waals surface area contributed by atoms with Crippen LogP contribution in [0.1, 0.15) is 24.0 Å². The third-order valence-corrected chi connectivity index (χ3v) is 5.36. The van der Waals surface area contributed by atoms with Crippen molar-refractivity contribution >= 4 is 18.0 Å². The molecular formula is C23H26N2O6. The highest BCUT2D eigenvalue weighted by Gasteiger charge is 2.29. The van der Waals surface area contributed by atoms with Crippen molar-refractivity contribution in [2.45, 2.75) is 18.9 Å². The number of methoxy groups -OCH3 is 1. The number of carboxylic acids is 1. The molecular weight excluding hydrogens is 400 g/mol. The van der Waals surface area contributed by atoms with Crippen molar-refractivity contribution < 1.29 is 29.0 Å². The van der Waals surface area contributed by atoms with Crippen LogP contribution in [0.4, 0.5) is 4.79 Å². The molecule has 2 atom stereocenters. The minimum Gasteiger partial charge on any atom is -0.481 e. The van der Waals surface area contributed by atoms with E-state index in [2.05, 4.69) is 22.8 Å². The zero-order valence-electron chi connectivity index (χ0n) is 17.5. The van der Waals surface area contributed by atoms with E-state index in [1.807, 2.05) is 36.4 Å². The quantitative estimate of drug-likeness (QED) is 0.567. The summed E-state index contributed by atoms with van der Waals surface area (Å²) in [6, 6.07) is 16.1. The van der Waals surface area contributed by atoms with Gasteiger partial charge in [-0.2, -0.15) is 0 Å². The Balaban J connectivity index is 1.52. The van der Waals surface area contributed by atoms with Gasteiger partial charge in [0.15, 0.2) is 6.10 Å². The monoisotopic (exact) mass is 426 g/mol. The number of benzene rings is 2. The number of carbonyl (C=O) groups excluding carboxylic acids is 2. The van der Waals surface area contributed by atoms with Gasteiger partial charge in [-0.3, -0.25) is 9.59 Å². The molecule has 0 fully saturated rings. The van der Waals surface area contributed by atoms with Crippen LogP contribution in [-0.4, -0.2) is 56.0 Å². The SMILES string of the molecule is COC(CNC(=O)OCC1c2ccccc2-c2ccccc21)C(=O)NCC(C)C(=O)O. The highest BCUT2D eigenvalue weighted by Crippen LogP contribution is 2.44. The Morgan fingerprint density at radius 3 is 2.10 bits per heavy atom. The molecule has 3 N–H and O–H groups in total. The number of fused-ring (bicyclic) bond motifs is 3. The average molecular weight is 426 g/mol. The van der Waals surface area contributed by atoms with Crippen molar-refractivity contribution in [1.29, 1.82) is 0 Å². The Hall–Kier alpha value is -3.39. The predicted octanol–water partition coefficient (Wildman–Crippen LogP) is 2.38. The summed E-state index contributed by atoms with van der Waals surface area (Å²) in [5.41, 5.74) is 4.49. The van der Waals surface area contributed by atoms with E-state index in [0.29, 0.717) is 0 Å². The standard InChI is InChI=1S/C23H26N2O6/c1-14(22(27)28)11-24-21(26)20(30-2)12-25-23(29)31-13-19-17-9-5-3-7-15(17)16-8-4-6-10-18(16)19/h3-10,14,19-20H,11-13H2,1-2H3,(H,24,26)(H,25,29)(H,27,28). The van der Waals surface area contributed by atoms with E-state index < -0.39 is 30.0 Å². The lowest BCUT2D eigenvalue weighted by Crippen LogP contribution is -2.45. The van der Waals surface area contributed by atoms with Gasteiger partial charge in [0.25, 0.3) is 5.91 Å². The first kappa shape index (κ1) is 22.3. The van der Waals surface area contributed by atoms with Gasteiger partial charge in [0.05, 0.1) is 12.5 Å². The van der Waals surface area contributed by atoms with Gasteiger partial charge in [0.2, 0.25) is 0 Å². The van der Waals surface area contributed by atoms with Crippen LogP contribution in [0.15, 0.2) is 48.5 Å². The van der Waals surface area contributed by atoms with Gasteiger partial charge in [0.1, 0.15) is 6.61 Å². The molecule has 0 aromatic heterocycles. The Bertz CT molecular complexity index is 915. The van der Waals surface area contributed by atoms with E-state index in [0.717, 1.165) is 22.3 Å². The molecule has 0 saturated carbocycles. The molecule has 8 nitrogen and oxygen atoms in total. The summed E-state index contributed by atoms with van der Waals surface area (Å²) in [5, 5.41) is 13.9. The number of carbonyl (C=O) groups is 3. The second-order valence-corrected chi connectivity index (χ2v) is 7.42. The number of ether oxygens (including phenoxy) is 2. The summed E-state index contributed by atoms with van der Waals surface area (Å²) in [5.74, 6) is -2.30. The number of carboxylic acid groups (broad SMARTS) is 1. The van der Waals surface area contributed by atoms with E-state index in [1.54, 1.807) is 0 Å². The summed E-state index contributed by atoms with van der Waals surface area (Å²) in [7, 11) is 1.34. The molecule has 2 aromatic rings. The number of hydrogen-bond donors (Lipinski definition) is 3. The molecule has 2 amide bonds. The second-order valence-electron chi connectivity index (χ2n) is 7.42. The largest absolute Gasteiger partial charge is 0.481 e. The van der Waals surface area contributed by atoms with Crippen molar-refractivity contribution in [3.63, 3.8) is 0 Å². The number of hydrogen-bond acceptors (Lipinski definition) is 5. The normalized spacial score (nSPS) is 14.1. The fraction of sp³-hybridized carbons (Fsp3) is 0.348. The Labute approximate surface area is 180 Å². The van der Waals surface area contributed by atoms with Gasteiger partial charge in [-0.1, -0.05) is 55.5 Å². The van der Waals surface area contributed by atoms with Gasteiger partial charge >= 0.3 is 12.1 Å². The summed E-state index contributed by atoms with van der Waals surface area (Å²) < 4.78 is 10.5. The van der Waals surface area contributed by atoms with Gasteiger partial charge in [0, 0.05) is 19.6 Å². The number of rotatable bonds is 9. The molecule has 0 heterocycles. The predicted molar refractivity (Wildman–Crippen MR) is 114 cm³/mol. The van der Waals surface area contributed by atoms with Gasteiger partial charge in [-0.25, -0.2) is 4.79 Å². The zero-order valence-corrected chi connectivity index (χ0v) is 17.5. The first-order valence-corrected chi connectivity index (χ1v) is 10.0. The van der Waals surface area contributed by atoms with Crippen LogP contribution < -0.4 is 10.6 Å². The molecule has 2 aromatic carbocycles. The minimum absolute atomic E-state index is 0.0288. The van der Waals surface area contributed by atoms with E-state index in [4.69, 9.17) is 14.6 Å². The third kappa shape index (κ3) is 5.21. The maximum Gasteiger partial charge on any atom is 0.407 e. The number of nitrogens with one attached hydrogen (secondary N) is 2. The van der Waals surface area contributed by atoms with Crippen LogP contribution in [0.3, 0.4) is 0 Å².